The van der Waals surface area contributed by atoms with E-state index in [1.165, 1.54) is 0 Å². The molecule has 0 radical (unpaired) electrons. The van der Waals surface area contributed by atoms with Gasteiger partial charge in [0.2, 0.25) is 5.91 Å². The third-order valence-corrected chi connectivity index (χ3v) is 5.36. The number of piperazine rings is 1. The van der Waals surface area contributed by atoms with E-state index in [-0.39, 0.29) is 5.91 Å². The van der Waals surface area contributed by atoms with E-state index in [4.69, 9.17) is 10.7 Å². The molecule has 0 aliphatic carbocycles. The Kier molecular flexibility index (Phi) is 8.65. The van der Waals surface area contributed by atoms with E-state index in [0.717, 1.165) is 77.7 Å². The Morgan fingerprint density at radius 3 is 2.65 bits per heavy atom. The number of hydrogen-bond donors (Lipinski definition) is 2. The van der Waals surface area contributed by atoms with Crippen molar-refractivity contribution >= 4 is 11.9 Å². The summed E-state index contributed by atoms with van der Waals surface area (Å²) >= 11 is 0. The van der Waals surface area contributed by atoms with Gasteiger partial charge in [0.05, 0.1) is 0 Å². The first-order valence-electron chi connectivity index (χ1n) is 10.2. The van der Waals surface area contributed by atoms with E-state index in [1.54, 1.807) is 0 Å². The summed E-state index contributed by atoms with van der Waals surface area (Å²) in [7, 11) is 2.19. The third-order valence-electron chi connectivity index (χ3n) is 5.36. The van der Waals surface area contributed by atoms with Crippen molar-refractivity contribution in [2.24, 2.45) is 22.6 Å². The number of piperidine rings is 1. The van der Waals surface area contributed by atoms with Gasteiger partial charge in [0.25, 0.3) is 0 Å². The smallest absolute Gasteiger partial charge is 0.217 e. The topological polar surface area (TPSA) is 77.2 Å². The van der Waals surface area contributed by atoms with Gasteiger partial charge in [-0.3, -0.25) is 9.79 Å². The Morgan fingerprint density at radius 1 is 1.27 bits per heavy atom. The summed E-state index contributed by atoms with van der Waals surface area (Å²) in [5.41, 5.74) is 5.39. The lowest BCUT2D eigenvalue weighted by Crippen LogP contribution is -2.48. The molecule has 2 saturated heterocycles. The van der Waals surface area contributed by atoms with E-state index < -0.39 is 0 Å². The standard InChI is InChI=1S/C19H38N6O/c1-4-21-19(25-7-5-6-17(15-25)12-18(20)26)22-13-16(2)14-24-10-8-23(3)9-11-24/h16-17H,4-15H2,1-3H3,(H2,20,26)(H,21,22). The monoisotopic (exact) mass is 366 g/mol. The van der Waals surface area contributed by atoms with Gasteiger partial charge in [-0.2, -0.15) is 0 Å². The minimum Gasteiger partial charge on any atom is -0.370 e. The van der Waals surface area contributed by atoms with Crippen LogP contribution in [-0.4, -0.2) is 92.5 Å². The molecule has 150 valence electrons. The molecule has 2 atom stereocenters. The van der Waals surface area contributed by atoms with Crippen molar-refractivity contribution in [3.05, 3.63) is 0 Å². The molecular weight excluding hydrogens is 328 g/mol. The molecular formula is C19H38N6O. The van der Waals surface area contributed by atoms with Crippen LogP contribution in [0.5, 0.6) is 0 Å². The third kappa shape index (κ3) is 7.11. The molecule has 2 unspecified atom stereocenters. The van der Waals surface area contributed by atoms with Crippen LogP contribution in [0.2, 0.25) is 0 Å². The highest BCUT2D eigenvalue weighted by molar-refractivity contribution is 5.80. The number of aliphatic imine (C=N–C) groups is 1. The first-order chi connectivity index (χ1) is 12.5. The fourth-order valence-corrected chi connectivity index (χ4v) is 3.91. The molecule has 2 rings (SSSR count). The van der Waals surface area contributed by atoms with Crippen LogP contribution in [0.3, 0.4) is 0 Å². The van der Waals surface area contributed by atoms with E-state index in [0.29, 0.717) is 18.3 Å². The van der Waals surface area contributed by atoms with Gasteiger partial charge in [0, 0.05) is 65.3 Å². The minimum atomic E-state index is -0.195. The first kappa shape index (κ1) is 21.0. The molecule has 7 nitrogen and oxygen atoms in total. The summed E-state index contributed by atoms with van der Waals surface area (Å²) in [4.78, 5) is 23.4. The molecule has 26 heavy (non-hydrogen) atoms. The zero-order chi connectivity index (χ0) is 18.9. The number of nitrogens with zero attached hydrogens (tertiary/aromatic N) is 4. The maximum Gasteiger partial charge on any atom is 0.217 e. The summed E-state index contributed by atoms with van der Waals surface area (Å²) in [6.45, 7) is 13.7. The summed E-state index contributed by atoms with van der Waals surface area (Å²) in [6.07, 6.45) is 2.66. The van der Waals surface area contributed by atoms with E-state index in [2.05, 4.69) is 40.9 Å². The predicted molar refractivity (Wildman–Crippen MR) is 107 cm³/mol. The van der Waals surface area contributed by atoms with Gasteiger partial charge in [0.15, 0.2) is 5.96 Å². The Labute approximate surface area is 159 Å². The lowest BCUT2D eigenvalue weighted by molar-refractivity contribution is -0.119. The Morgan fingerprint density at radius 2 is 2.00 bits per heavy atom. The van der Waals surface area contributed by atoms with Gasteiger partial charge >= 0.3 is 0 Å². The molecule has 2 aliphatic heterocycles. The number of likely N-dealkylation sites (N-methyl/N-ethyl adjacent to an activating group) is 1. The molecule has 0 saturated carbocycles. The van der Waals surface area contributed by atoms with Crippen molar-refractivity contribution in [1.29, 1.82) is 0 Å². The van der Waals surface area contributed by atoms with Crippen LogP contribution < -0.4 is 11.1 Å². The van der Waals surface area contributed by atoms with Crippen LogP contribution in [0.25, 0.3) is 0 Å². The number of nitrogens with one attached hydrogen (secondary N) is 1. The minimum absolute atomic E-state index is 0.195. The number of carbonyl (C=O) groups excluding carboxylic acids is 1. The second-order valence-corrected chi connectivity index (χ2v) is 8.03. The molecule has 1 amide bonds. The quantitative estimate of drug-likeness (QED) is 0.504. The van der Waals surface area contributed by atoms with Crippen molar-refractivity contribution < 1.29 is 4.79 Å². The number of hydrogen-bond acceptors (Lipinski definition) is 4. The van der Waals surface area contributed by atoms with Crippen LogP contribution in [0, 0.1) is 11.8 Å². The van der Waals surface area contributed by atoms with Crippen LogP contribution in [0.15, 0.2) is 4.99 Å². The normalized spacial score (nSPS) is 24.5. The van der Waals surface area contributed by atoms with Crippen LogP contribution in [0.1, 0.15) is 33.1 Å². The lowest BCUT2D eigenvalue weighted by atomic mass is 9.95. The largest absolute Gasteiger partial charge is 0.370 e. The fraction of sp³-hybridized carbons (Fsp3) is 0.895. The number of rotatable bonds is 7. The molecule has 2 fully saturated rings. The van der Waals surface area contributed by atoms with Crippen molar-refractivity contribution in [1.82, 2.24) is 20.0 Å². The van der Waals surface area contributed by atoms with E-state index in [1.807, 2.05) is 0 Å². The lowest BCUT2D eigenvalue weighted by Gasteiger charge is -2.35. The van der Waals surface area contributed by atoms with Gasteiger partial charge in [-0.25, -0.2) is 0 Å². The summed E-state index contributed by atoms with van der Waals surface area (Å²) < 4.78 is 0. The summed E-state index contributed by atoms with van der Waals surface area (Å²) in [5.74, 6) is 1.69. The molecule has 2 aliphatic rings. The summed E-state index contributed by atoms with van der Waals surface area (Å²) in [6, 6.07) is 0. The Balaban J connectivity index is 1.85. The molecule has 2 heterocycles. The van der Waals surface area contributed by atoms with Gasteiger partial charge in [-0.1, -0.05) is 6.92 Å². The number of carbonyl (C=O) groups is 1. The van der Waals surface area contributed by atoms with Crippen molar-refractivity contribution in [3.63, 3.8) is 0 Å². The maximum absolute atomic E-state index is 11.2. The van der Waals surface area contributed by atoms with Crippen LogP contribution in [-0.2, 0) is 4.79 Å². The number of guanidine groups is 1. The Hall–Kier alpha value is -1.34. The number of nitrogens with two attached hydrogens (primary N) is 1. The zero-order valence-electron chi connectivity index (χ0n) is 16.9. The molecule has 0 spiro atoms. The van der Waals surface area contributed by atoms with E-state index >= 15 is 0 Å². The van der Waals surface area contributed by atoms with Crippen molar-refractivity contribution in [2.45, 2.75) is 33.1 Å². The number of likely N-dealkylation sites (tertiary alicyclic amines) is 1. The predicted octanol–water partition coefficient (Wildman–Crippen LogP) is 0.423. The van der Waals surface area contributed by atoms with Crippen molar-refractivity contribution in [3.8, 4) is 0 Å². The highest BCUT2D eigenvalue weighted by Crippen LogP contribution is 2.19. The van der Waals surface area contributed by atoms with Crippen molar-refractivity contribution in [2.75, 3.05) is 66.0 Å². The number of amides is 1. The maximum atomic E-state index is 11.2. The van der Waals surface area contributed by atoms with Gasteiger partial charge in [-0.05, 0) is 38.6 Å². The molecule has 0 aromatic rings. The average Bonchev–Trinajstić information content (AvgIpc) is 2.60. The first-order valence-corrected chi connectivity index (χ1v) is 10.2. The van der Waals surface area contributed by atoms with Gasteiger partial charge in [0.1, 0.15) is 0 Å². The van der Waals surface area contributed by atoms with Gasteiger partial charge < -0.3 is 25.8 Å². The summed E-state index contributed by atoms with van der Waals surface area (Å²) in [5, 5.41) is 3.43. The molecule has 0 aromatic carbocycles. The molecule has 0 aromatic heterocycles. The SMILES string of the molecule is CCNC(=NCC(C)CN1CCN(C)CC1)N1CCCC(CC(N)=O)C1. The highest BCUT2D eigenvalue weighted by Gasteiger charge is 2.24. The number of primary amides is 1. The van der Waals surface area contributed by atoms with Crippen LogP contribution in [0.4, 0.5) is 0 Å². The highest BCUT2D eigenvalue weighted by atomic mass is 16.1. The molecule has 0 bridgehead atoms. The second-order valence-electron chi connectivity index (χ2n) is 8.03. The fourth-order valence-electron chi connectivity index (χ4n) is 3.91. The Bertz CT molecular complexity index is 461. The second kappa shape index (κ2) is 10.7. The van der Waals surface area contributed by atoms with Gasteiger partial charge in [-0.15, -0.1) is 0 Å². The molecule has 3 N–H and O–H groups in total. The zero-order valence-corrected chi connectivity index (χ0v) is 16.9. The van der Waals surface area contributed by atoms with Crippen LogP contribution >= 0.6 is 0 Å². The molecule has 7 heteroatoms. The van der Waals surface area contributed by atoms with E-state index in [9.17, 15) is 4.79 Å². The average molecular weight is 367 g/mol.